The van der Waals surface area contributed by atoms with Gasteiger partial charge in [0.2, 0.25) is 0 Å². The number of esters is 1. The first-order valence-electron chi connectivity index (χ1n) is 9.16. The summed E-state index contributed by atoms with van der Waals surface area (Å²) in [6.45, 7) is 3.51. The zero-order valence-corrected chi connectivity index (χ0v) is 16.8. The Kier molecular flexibility index (Phi) is 6.45. The Bertz CT molecular complexity index is 899. The molecule has 144 valence electrons. The highest BCUT2D eigenvalue weighted by Gasteiger charge is 2.33. The van der Waals surface area contributed by atoms with E-state index >= 15 is 0 Å². The highest BCUT2D eigenvalue weighted by molar-refractivity contribution is 7.74. The predicted molar refractivity (Wildman–Crippen MR) is 112 cm³/mol. The van der Waals surface area contributed by atoms with Crippen LogP contribution in [0.4, 0.5) is 0 Å². The Morgan fingerprint density at radius 1 is 0.714 bits per heavy atom. The molecule has 0 bridgehead atoms. The van der Waals surface area contributed by atoms with Crippen molar-refractivity contribution in [2.75, 3.05) is 0 Å². The molecule has 0 fully saturated rings. The van der Waals surface area contributed by atoms with Crippen molar-refractivity contribution in [2.24, 2.45) is 0 Å². The average Bonchev–Trinajstić information content (AvgIpc) is 2.75. The molecule has 0 aromatic heterocycles. The molecule has 0 aliphatic rings. The normalized spacial score (nSPS) is 13.5. The van der Waals surface area contributed by atoms with E-state index in [1.807, 2.05) is 42.5 Å². The van der Waals surface area contributed by atoms with Gasteiger partial charge in [0.15, 0.2) is 0 Å². The summed E-state index contributed by atoms with van der Waals surface area (Å²) in [4.78, 5) is 12.3. The highest BCUT2D eigenvalue weighted by Crippen LogP contribution is 2.46. The zero-order valence-electron chi connectivity index (χ0n) is 15.9. The van der Waals surface area contributed by atoms with Crippen LogP contribution in [0.1, 0.15) is 24.2 Å². The van der Waals surface area contributed by atoms with Crippen LogP contribution in [0.25, 0.3) is 0 Å². The van der Waals surface area contributed by atoms with Crippen LogP contribution in [0.2, 0.25) is 0 Å². The molecule has 5 heteroatoms. The number of benzene rings is 3. The Morgan fingerprint density at radius 2 is 1.14 bits per heavy atom. The standard InChI is InChI=1S/C23H23O4P/c1-18(26-23(24)20-12-6-3-7-13-20)19(2)27-28(25,21-14-8-4-9-15-21)22-16-10-5-11-17-22/h3-19H,1-2H3. The molecule has 0 radical (unpaired) electrons. The first-order chi connectivity index (χ1) is 13.5. The van der Waals surface area contributed by atoms with Gasteiger partial charge in [-0.15, -0.1) is 0 Å². The summed E-state index contributed by atoms with van der Waals surface area (Å²) in [5, 5.41) is 1.21. The summed E-state index contributed by atoms with van der Waals surface area (Å²) in [6.07, 6.45) is -1.15. The van der Waals surface area contributed by atoms with Crippen LogP contribution >= 0.6 is 7.37 Å². The van der Waals surface area contributed by atoms with Gasteiger partial charge < -0.3 is 9.26 Å². The van der Waals surface area contributed by atoms with Crippen LogP contribution in [0.5, 0.6) is 0 Å². The van der Waals surface area contributed by atoms with Crippen LogP contribution < -0.4 is 10.6 Å². The van der Waals surface area contributed by atoms with E-state index in [2.05, 4.69) is 0 Å². The number of carbonyl (C=O) groups is 1. The molecule has 0 amide bonds. The SMILES string of the molecule is CC(OC(=O)c1ccccc1)C(C)OP(=O)(c1ccccc1)c1ccccc1. The molecule has 0 N–H and O–H groups in total. The highest BCUT2D eigenvalue weighted by atomic mass is 31.2. The van der Waals surface area contributed by atoms with Gasteiger partial charge in [0.25, 0.3) is 7.37 Å². The van der Waals surface area contributed by atoms with Gasteiger partial charge in [0.05, 0.1) is 11.7 Å². The average molecular weight is 394 g/mol. The molecule has 3 aromatic carbocycles. The molecule has 3 rings (SSSR count). The third kappa shape index (κ3) is 4.59. The van der Waals surface area contributed by atoms with Gasteiger partial charge in [-0.25, -0.2) is 4.79 Å². The zero-order chi connectivity index (χ0) is 20.0. The van der Waals surface area contributed by atoms with Gasteiger partial charge in [-0.2, -0.15) is 0 Å². The minimum Gasteiger partial charge on any atom is -0.456 e. The van der Waals surface area contributed by atoms with Crippen molar-refractivity contribution in [1.29, 1.82) is 0 Å². The fourth-order valence-electron chi connectivity index (χ4n) is 2.75. The molecular formula is C23H23O4P. The molecule has 0 spiro atoms. The minimum atomic E-state index is -3.34. The quantitative estimate of drug-likeness (QED) is 0.435. The molecule has 2 unspecified atom stereocenters. The van der Waals surface area contributed by atoms with Gasteiger partial charge in [0, 0.05) is 10.6 Å². The molecule has 0 saturated heterocycles. The van der Waals surface area contributed by atoms with E-state index in [0.29, 0.717) is 16.2 Å². The van der Waals surface area contributed by atoms with Gasteiger partial charge in [0.1, 0.15) is 6.10 Å². The Hall–Kier alpha value is -2.68. The number of ether oxygens (including phenoxy) is 1. The van der Waals surface area contributed by atoms with Gasteiger partial charge in [-0.1, -0.05) is 54.6 Å². The Morgan fingerprint density at radius 3 is 1.61 bits per heavy atom. The van der Waals surface area contributed by atoms with Gasteiger partial charge >= 0.3 is 5.97 Å². The monoisotopic (exact) mass is 394 g/mol. The Labute approximate surface area is 165 Å². The number of carbonyl (C=O) groups excluding carboxylic acids is 1. The molecule has 3 aromatic rings. The molecule has 28 heavy (non-hydrogen) atoms. The molecule has 0 saturated carbocycles. The smallest absolute Gasteiger partial charge is 0.338 e. The molecule has 4 nitrogen and oxygen atoms in total. The summed E-state index contributed by atoms with van der Waals surface area (Å²) >= 11 is 0. The second-order valence-electron chi connectivity index (χ2n) is 6.51. The molecule has 0 heterocycles. The lowest BCUT2D eigenvalue weighted by Gasteiger charge is -2.27. The van der Waals surface area contributed by atoms with E-state index in [4.69, 9.17) is 9.26 Å². The third-order valence-electron chi connectivity index (χ3n) is 4.47. The largest absolute Gasteiger partial charge is 0.456 e. The predicted octanol–water partition coefficient (Wildman–Crippen LogP) is 4.57. The van der Waals surface area contributed by atoms with Crippen LogP contribution in [0.3, 0.4) is 0 Å². The van der Waals surface area contributed by atoms with Crippen molar-refractivity contribution in [3.8, 4) is 0 Å². The summed E-state index contributed by atoms with van der Waals surface area (Å²) in [7, 11) is -3.34. The lowest BCUT2D eigenvalue weighted by Crippen LogP contribution is -2.31. The van der Waals surface area contributed by atoms with Crippen molar-refractivity contribution in [3.63, 3.8) is 0 Å². The molecule has 0 aliphatic carbocycles. The molecular weight excluding hydrogens is 371 g/mol. The number of hydrogen-bond donors (Lipinski definition) is 0. The van der Waals surface area contributed by atoms with Crippen LogP contribution in [-0.4, -0.2) is 18.2 Å². The molecule has 0 aliphatic heterocycles. The molecule has 2 atom stereocenters. The van der Waals surface area contributed by atoms with Crippen molar-refractivity contribution < 1.29 is 18.6 Å². The second-order valence-corrected chi connectivity index (χ2v) is 8.86. The van der Waals surface area contributed by atoms with Crippen molar-refractivity contribution in [3.05, 3.63) is 96.6 Å². The fourth-order valence-corrected chi connectivity index (χ4v) is 5.06. The summed E-state index contributed by atoms with van der Waals surface area (Å²) in [6, 6.07) is 27.0. The summed E-state index contributed by atoms with van der Waals surface area (Å²) < 4.78 is 25.5. The maximum atomic E-state index is 13.9. The fraction of sp³-hybridized carbons (Fsp3) is 0.174. The lowest BCUT2D eigenvalue weighted by molar-refractivity contribution is 0.00403. The minimum absolute atomic E-state index is 0.433. The van der Waals surface area contributed by atoms with Crippen molar-refractivity contribution in [2.45, 2.75) is 26.1 Å². The van der Waals surface area contributed by atoms with Crippen LogP contribution in [-0.2, 0) is 13.8 Å². The van der Waals surface area contributed by atoms with Gasteiger partial charge in [-0.3, -0.25) is 4.57 Å². The maximum Gasteiger partial charge on any atom is 0.338 e. The van der Waals surface area contributed by atoms with E-state index in [-0.39, 0.29) is 0 Å². The van der Waals surface area contributed by atoms with E-state index in [1.54, 1.807) is 62.4 Å². The van der Waals surface area contributed by atoms with E-state index in [1.165, 1.54) is 0 Å². The maximum absolute atomic E-state index is 13.9. The number of hydrogen-bond acceptors (Lipinski definition) is 4. The topological polar surface area (TPSA) is 52.6 Å². The first kappa shape index (κ1) is 20.1. The second kappa shape index (κ2) is 9.01. The van der Waals surface area contributed by atoms with Crippen molar-refractivity contribution in [1.82, 2.24) is 0 Å². The summed E-state index contributed by atoms with van der Waals surface area (Å²) in [5.74, 6) is -0.433. The third-order valence-corrected chi connectivity index (χ3v) is 7.06. The van der Waals surface area contributed by atoms with Crippen molar-refractivity contribution >= 4 is 23.9 Å². The van der Waals surface area contributed by atoms with Crippen LogP contribution in [0, 0.1) is 0 Å². The Balaban J connectivity index is 1.81. The lowest BCUT2D eigenvalue weighted by atomic mass is 10.2. The van der Waals surface area contributed by atoms with E-state index in [9.17, 15) is 9.36 Å². The summed E-state index contributed by atoms with van der Waals surface area (Å²) in [5.41, 5.74) is 0.468. The van der Waals surface area contributed by atoms with Crippen LogP contribution in [0.15, 0.2) is 91.0 Å². The first-order valence-corrected chi connectivity index (χ1v) is 10.8. The van der Waals surface area contributed by atoms with E-state index < -0.39 is 25.5 Å². The van der Waals surface area contributed by atoms with Gasteiger partial charge in [-0.05, 0) is 50.2 Å². The van der Waals surface area contributed by atoms with E-state index in [0.717, 1.165) is 0 Å². The number of rotatable bonds is 7.